The Morgan fingerprint density at radius 1 is 1.28 bits per heavy atom. The molecule has 1 heterocycles. The van der Waals surface area contributed by atoms with Gasteiger partial charge in [-0.3, -0.25) is 4.79 Å². The number of ether oxygens (including phenoxy) is 1. The van der Waals surface area contributed by atoms with Crippen LogP contribution in [0.5, 0.6) is 5.75 Å². The van der Waals surface area contributed by atoms with Gasteiger partial charge in [0.25, 0.3) is 5.91 Å². The van der Waals surface area contributed by atoms with E-state index in [-0.39, 0.29) is 18.3 Å². The minimum absolute atomic E-state index is 0.156. The van der Waals surface area contributed by atoms with Gasteiger partial charge >= 0.3 is 0 Å². The number of benzene rings is 2. The Bertz CT molecular complexity index is 817. The van der Waals surface area contributed by atoms with Crippen LogP contribution >= 0.6 is 0 Å². The van der Waals surface area contributed by atoms with Crippen LogP contribution in [0.2, 0.25) is 0 Å². The topological polar surface area (TPSA) is 29.5 Å². The van der Waals surface area contributed by atoms with Crippen molar-refractivity contribution in [1.29, 1.82) is 0 Å². The van der Waals surface area contributed by atoms with Gasteiger partial charge < -0.3 is 9.64 Å². The molecule has 2 aromatic carbocycles. The van der Waals surface area contributed by atoms with Gasteiger partial charge in [-0.25, -0.2) is 8.78 Å². The number of anilines is 1. The third-order valence-electron chi connectivity index (χ3n) is 4.31. The molecule has 3 nitrogen and oxygen atoms in total. The molecule has 5 heteroatoms. The first kappa shape index (κ1) is 17.1. The van der Waals surface area contributed by atoms with Gasteiger partial charge in [0.05, 0.1) is 6.33 Å². The number of amides is 1. The number of carbonyl (C=O) groups is 1. The standard InChI is InChI=1S/C20H19F2NO2/c1-2-14(12-21)13-25-18-6-7-19-15(10-18)8-9-23(20(19)24)17-5-3-4-16(22)11-17/h3-7,10-12H,2,8-9,13H2,1H3/b14-12-. The zero-order valence-corrected chi connectivity index (χ0v) is 14.0. The molecule has 0 spiro atoms. The highest BCUT2D eigenvalue weighted by atomic mass is 19.1. The Morgan fingerprint density at radius 3 is 2.84 bits per heavy atom. The quantitative estimate of drug-likeness (QED) is 0.789. The van der Waals surface area contributed by atoms with Gasteiger partial charge in [0.1, 0.15) is 18.2 Å². The van der Waals surface area contributed by atoms with E-state index in [0.717, 1.165) is 5.56 Å². The molecule has 130 valence electrons. The average Bonchev–Trinajstić information content (AvgIpc) is 2.63. The first-order valence-corrected chi connectivity index (χ1v) is 8.23. The van der Waals surface area contributed by atoms with Crippen LogP contribution in [0.1, 0.15) is 29.3 Å². The summed E-state index contributed by atoms with van der Waals surface area (Å²) in [7, 11) is 0. The molecule has 0 bridgehead atoms. The van der Waals surface area contributed by atoms with Crippen molar-refractivity contribution in [2.75, 3.05) is 18.1 Å². The van der Waals surface area contributed by atoms with Crippen molar-refractivity contribution >= 4 is 11.6 Å². The summed E-state index contributed by atoms with van der Waals surface area (Å²) in [5, 5.41) is 0. The summed E-state index contributed by atoms with van der Waals surface area (Å²) in [5.74, 6) is 0.0855. The lowest BCUT2D eigenvalue weighted by atomic mass is 9.98. The summed E-state index contributed by atoms with van der Waals surface area (Å²) in [6, 6.07) is 11.3. The van der Waals surface area contributed by atoms with Crippen molar-refractivity contribution in [3.8, 4) is 5.75 Å². The molecule has 0 fully saturated rings. The molecule has 25 heavy (non-hydrogen) atoms. The summed E-state index contributed by atoms with van der Waals surface area (Å²) in [6.45, 7) is 2.53. The predicted molar refractivity (Wildman–Crippen MR) is 93.2 cm³/mol. The summed E-state index contributed by atoms with van der Waals surface area (Å²) in [5.41, 5.74) is 2.60. The Labute approximate surface area is 145 Å². The molecule has 0 aliphatic carbocycles. The van der Waals surface area contributed by atoms with Crippen molar-refractivity contribution in [3.63, 3.8) is 0 Å². The molecule has 0 N–H and O–H groups in total. The number of hydrogen-bond acceptors (Lipinski definition) is 2. The first-order valence-electron chi connectivity index (χ1n) is 8.23. The Kier molecular flexibility index (Phi) is 5.12. The molecule has 1 amide bonds. The lowest BCUT2D eigenvalue weighted by Crippen LogP contribution is -2.37. The smallest absolute Gasteiger partial charge is 0.258 e. The molecule has 2 aromatic rings. The lowest BCUT2D eigenvalue weighted by Gasteiger charge is -2.29. The summed E-state index contributed by atoms with van der Waals surface area (Å²) in [6.07, 6.45) is 1.80. The molecule has 0 atom stereocenters. The van der Waals surface area contributed by atoms with Gasteiger partial charge in [0.2, 0.25) is 0 Å². The van der Waals surface area contributed by atoms with E-state index >= 15 is 0 Å². The van der Waals surface area contributed by atoms with Crippen LogP contribution in [0, 0.1) is 5.82 Å². The minimum atomic E-state index is -0.368. The van der Waals surface area contributed by atoms with Crippen molar-refractivity contribution < 1.29 is 18.3 Å². The summed E-state index contributed by atoms with van der Waals surface area (Å²) in [4.78, 5) is 14.3. The summed E-state index contributed by atoms with van der Waals surface area (Å²) < 4.78 is 31.6. The number of halogens is 2. The largest absolute Gasteiger partial charge is 0.489 e. The third kappa shape index (κ3) is 3.71. The molecule has 3 rings (SSSR count). The SMILES string of the molecule is CC/C(=C/F)COc1ccc2c(c1)CCN(c1cccc(F)c1)C2=O. The molecular weight excluding hydrogens is 324 g/mol. The van der Waals surface area contributed by atoms with E-state index in [1.54, 1.807) is 29.2 Å². The fraction of sp³-hybridized carbons (Fsp3) is 0.250. The van der Waals surface area contributed by atoms with Gasteiger partial charge in [0.15, 0.2) is 0 Å². The molecule has 0 saturated carbocycles. The Balaban J connectivity index is 1.78. The highest BCUT2D eigenvalue weighted by Gasteiger charge is 2.26. The van der Waals surface area contributed by atoms with Gasteiger partial charge in [0, 0.05) is 17.8 Å². The molecule has 0 radical (unpaired) electrons. The number of nitrogens with zero attached hydrogens (tertiary/aromatic N) is 1. The maximum absolute atomic E-state index is 13.4. The van der Waals surface area contributed by atoms with E-state index in [0.29, 0.717) is 48.3 Å². The molecule has 0 saturated heterocycles. The van der Waals surface area contributed by atoms with E-state index in [2.05, 4.69) is 0 Å². The van der Waals surface area contributed by atoms with E-state index < -0.39 is 0 Å². The Hall–Kier alpha value is -2.69. The first-order chi connectivity index (χ1) is 12.1. The number of fused-ring (bicyclic) bond motifs is 1. The van der Waals surface area contributed by atoms with E-state index in [4.69, 9.17) is 4.74 Å². The van der Waals surface area contributed by atoms with Gasteiger partial charge in [-0.05, 0) is 60.4 Å². The van der Waals surface area contributed by atoms with Crippen LogP contribution in [0.25, 0.3) is 0 Å². The molecular formula is C20H19F2NO2. The van der Waals surface area contributed by atoms with Crippen LogP contribution < -0.4 is 9.64 Å². The number of rotatable bonds is 5. The molecule has 0 unspecified atom stereocenters. The highest BCUT2D eigenvalue weighted by molar-refractivity contribution is 6.08. The fourth-order valence-electron chi connectivity index (χ4n) is 2.83. The molecule has 1 aliphatic heterocycles. The van der Waals surface area contributed by atoms with Gasteiger partial charge in [-0.1, -0.05) is 13.0 Å². The number of carbonyl (C=O) groups excluding carboxylic acids is 1. The minimum Gasteiger partial charge on any atom is -0.489 e. The zero-order valence-electron chi connectivity index (χ0n) is 14.0. The van der Waals surface area contributed by atoms with E-state index in [1.165, 1.54) is 12.1 Å². The zero-order chi connectivity index (χ0) is 17.8. The van der Waals surface area contributed by atoms with E-state index in [1.807, 2.05) is 13.0 Å². The van der Waals surface area contributed by atoms with Crippen LogP contribution in [-0.4, -0.2) is 19.1 Å². The van der Waals surface area contributed by atoms with Crippen LogP contribution in [-0.2, 0) is 6.42 Å². The monoisotopic (exact) mass is 343 g/mol. The van der Waals surface area contributed by atoms with Crippen LogP contribution in [0.3, 0.4) is 0 Å². The summed E-state index contributed by atoms with van der Waals surface area (Å²) >= 11 is 0. The number of hydrogen-bond donors (Lipinski definition) is 0. The van der Waals surface area contributed by atoms with E-state index in [9.17, 15) is 13.6 Å². The predicted octanol–water partition coefficient (Wildman–Crippen LogP) is 4.67. The van der Waals surface area contributed by atoms with Crippen molar-refractivity contribution in [2.45, 2.75) is 19.8 Å². The second-order valence-electron chi connectivity index (χ2n) is 5.92. The second kappa shape index (κ2) is 7.47. The van der Waals surface area contributed by atoms with Gasteiger partial charge in [-0.2, -0.15) is 0 Å². The maximum Gasteiger partial charge on any atom is 0.258 e. The highest BCUT2D eigenvalue weighted by Crippen LogP contribution is 2.28. The van der Waals surface area contributed by atoms with Crippen molar-refractivity contribution in [3.05, 3.63) is 71.3 Å². The molecule has 1 aliphatic rings. The fourth-order valence-corrected chi connectivity index (χ4v) is 2.83. The van der Waals surface area contributed by atoms with Crippen molar-refractivity contribution in [1.82, 2.24) is 0 Å². The van der Waals surface area contributed by atoms with Crippen LogP contribution in [0.4, 0.5) is 14.5 Å². The maximum atomic E-state index is 13.4. The third-order valence-corrected chi connectivity index (χ3v) is 4.31. The lowest BCUT2D eigenvalue weighted by molar-refractivity contribution is 0.0980. The Morgan fingerprint density at radius 2 is 2.12 bits per heavy atom. The second-order valence-corrected chi connectivity index (χ2v) is 5.92. The van der Waals surface area contributed by atoms with Crippen molar-refractivity contribution in [2.24, 2.45) is 0 Å². The van der Waals surface area contributed by atoms with Crippen LogP contribution in [0.15, 0.2) is 54.4 Å². The normalized spacial score (nSPS) is 14.4. The average molecular weight is 343 g/mol. The molecule has 0 aromatic heterocycles. The van der Waals surface area contributed by atoms with Gasteiger partial charge in [-0.15, -0.1) is 0 Å².